The molecule has 4 unspecified atom stereocenters. The molecule has 1 aliphatic heterocycles. The number of likely N-dealkylation sites (tertiary alicyclic amines) is 1. The van der Waals surface area contributed by atoms with Gasteiger partial charge in [0.15, 0.2) is 0 Å². The third kappa shape index (κ3) is 1.60. The van der Waals surface area contributed by atoms with Crippen LogP contribution in [0.5, 0.6) is 0 Å². The van der Waals surface area contributed by atoms with E-state index in [0.29, 0.717) is 0 Å². The van der Waals surface area contributed by atoms with Crippen LogP contribution in [0.15, 0.2) is 0 Å². The minimum absolute atomic E-state index is 0.812. The van der Waals surface area contributed by atoms with Crippen LogP contribution in [0.25, 0.3) is 0 Å². The van der Waals surface area contributed by atoms with Crippen LogP contribution in [0.4, 0.5) is 0 Å². The fraction of sp³-hybridized carbons (Fsp3) is 1.00. The van der Waals surface area contributed by atoms with E-state index in [1.807, 2.05) is 0 Å². The molecule has 0 radical (unpaired) electrons. The van der Waals surface area contributed by atoms with Crippen LogP contribution in [0.3, 0.4) is 0 Å². The fourth-order valence-corrected chi connectivity index (χ4v) is 5.46. The minimum Gasteiger partial charge on any atom is -0.314 e. The molecular formula is C15H26N2. The number of rotatable bonds is 3. The van der Waals surface area contributed by atoms with Gasteiger partial charge >= 0.3 is 0 Å². The van der Waals surface area contributed by atoms with E-state index in [1.54, 1.807) is 19.3 Å². The Morgan fingerprint density at radius 1 is 1.00 bits per heavy atom. The third-order valence-corrected chi connectivity index (χ3v) is 6.14. The smallest absolute Gasteiger partial charge is 0.0164 e. The zero-order chi connectivity index (χ0) is 11.4. The molecule has 3 saturated carbocycles. The van der Waals surface area contributed by atoms with E-state index in [1.165, 1.54) is 25.9 Å². The second kappa shape index (κ2) is 3.96. The van der Waals surface area contributed by atoms with Crippen LogP contribution in [-0.2, 0) is 0 Å². The van der Waals surface area contributed by atoms with E-state index in [2.05, 4.69) is 17.1 Å². The molecule has 0 spiro atoms. The van der Waals surface area contributed by atoms with Crippen molar-refractivity contribution in [2.24, 2.45) is 23.7 Å². The van der Waals surface area contributed by atoms with Gasteiger partial charge in [-0.15, -0.1) is 0 Å². The Labute approximate surface area is 105 Å². The van der Waals surface area contributed by atoms with E-state index in [0.717, 1.165) is 42.3 Å². The second-order valence-corrected chi connectivity index (χ2v) is 6.85. The molecule has 4 fully saturated rings. The van der Waals surface area contributed by atoms with Crippen LogP contribution in [0.1, 0.15) is 39.0 Å². The van der Waals surface area contributed by atoms with Crippen LogP contribution >= 0.6 is 0 Å². The lowest BCUT2D eigenvalue weighted by molar-refractivity contribution is 0.163. The van der Waals surface area contributed by atoms with E-state index in [-0.39, 0.29) is 0 Å². The minimum atomic E-state index is 0.812. The lowest BCUT2D eigenvalue weighted by Gasteiger charge is -2.34. The zero-order valence-corrected chi connectivity index (χ0v) is 11.1. The first-order valence-electron chi connectivity index (χ1n) is 7.86. The van der Waals surface area contributed by atoms with Gasteiger partial charge in [0.25, 0.3) is 0 Å². The first-order chi connectivity index (χ1) is 8.38. The molecule has 1 N–H and O–H groups in total. The number of hydrogen-bond donors (Lipinski definition) is 1. The Bertz CT molecular complexity index is 279. The van der Waals surface area contributed by atoms with E-state index >= 15 is 0 Å². The maximum Gasteiger partial charge on any atom is 0.0164 e. The van der Waals surface area contributed by atoms with Crippen molar-refractivity contribution in [2.45, 2.75) is 51.1 Å². The van der Waals surface area contributed by atoms with Crippen LogP contribution in [0, 0.1) is 23.7 Å². The summed E-state index contributed by atoms with van der Waals surface area (Å²) in [5.74, 6) is 4.57. The fourth-order valence-electron chi connectivity index (χ4n) is 5.46. The topological polar surface area (TPSA) is 15.3 Å². The highest BCUT2D eigenvalue weighted by Gasteiger charge is 2.66. The monoisotopic (exact) mass is 234 g/mol. The standard InChI is InChI=1S/C15H26N2/c1-2-16-12-5-7-17(8-6-12)15-13-10-3-4-11(9-10)14(13)15/h10-16H,2-9H2,1H3. The van der Waals surface area contributed by atoms with Crippen molar-refractivity contribution in [3.63, 3.8) is 0 Å². The lowest BCUT2D eigenvalue weighted by atomic mass is 10.0. The van der Waals surface area contributed by atoms with E-state index in [4.69, 9.17) is 0 Å². The van der Waals surface area contributed by atoms with Gasteiger partial charge in [0.1, 0.15) is 0 Å². The normalized spacial score (nSPS) is 49.6. The Hall–Kier alpha value is -0.0800. The molecule has 17 heavy (non-hydrogen) atoms. The average Bonchev–Trinajstić information content (AvgIpc) is 2.79. The molecule has 3 aliphatic carbocycles. The van der Waals surface area contributed by atoms with Gasteiger partial charge in [-0.25, -0.2) is 0 Å². The predicted octanol–water partition coefficient (Wildman–Crippen LogP) is 2.10. The van der Waals surface area contributed by atoms with Crippen LogP contribution < -0.4 is 5.32 Å². The highest BCUT2D eigenvalue weighted by atomic mass is 15.2. The van der Waals surface area contributed by atoms with Gasteiger partial charge in [-0.1, -0.05) is 6.92 Å². The Kier molecular flexibility index (Phi) is 2.52. The summed E-state index contributed by atoms with van der Waals surface area (Å²) in [6.45, 7) is 6.11. The van der Waals surface area contributed by atoms with Gasteiger partial charge in [0, 0.05) is 12.1 Å². The van der Waals surface area contributed by atoms with Crippen molar-refractivity contribution in [1.82, 2.24) is 10.2 Å². The van der Waals surface area contributed by atoms with Gasteiger partial charge in [-0.3, -0.25) is 4.90 Å². The molecule has 96 valence electrons. The van der Waals surface area contributed by atoms with Gasteiger partial charge in [0.2, 0.25) is 0 Å². The van der Waals surface area contributed by atoms with Gasteiger partial charge < -0.3 is 5.32 Å². The highest BCUT2D eigenvalue weighted by molar-refractivity contribution is 5.17. The maximum atomic E-state index is 3.62. The van der Waals surface area contributed by atoms with Crippen molar-refractivity contribution < 1.29 is 0 Å². The van der Waals surface area contributed by atoms with E-state index in [9.17, 15) is 0 Å². The molecule has 2 bridgehead atoms. The molecular weight excluding hydrogens is 208 g/mol. The van der Waals surface area contributed by atoms with Crippen LogP contribution in [-0.4, -0.2) is 36.6 Å². The quantitative estimate of drug-likeness (QED) is 0.804. The summed E-state index contributed by atoms with van der Waals surface area (Å²) in [6.07, 6.45) is 7.50. The van der Waals surface area contributed by atoms with Gasteiger partial charge in [-0.05, 0) is 75.4 Å². The molecule has 4 atom stereocenters. The summed E-state index contributed by atoms with van der Waals surface area (Å²) in [5.41, 5.74) is 0. The van der Waals surface area contributed by atoms with Crippen molar-refractivity contribution in [2.75, 3.05) is 19.6 Å². The van der Waals surface area contributed by atoms with Crippen molar-refractivity contribution >= 4 is 0 Å². The molecule has 4 aliphatic rings. The third-order valence-electron chi connectivity index (χ3n) is 6.14. The Morgan fingerprint density at radius 3 is 2.24 bits per heavy atom. The van der Waals surface area contributed by atoms with Gasteiger partial charge in [-0.2, -0.15) is 0 Å². The first-order valence-corrected chi connectivity index (χ1v) is 7.86. The molecule has 1 heterocycles. The molecule has 0 amide bonds. The first kappa shape index (κ1) is 10.8. The SMILES string of the molecule is CCNC1CCN(C2C3C4CCC(C4)C32)CC1. The van der Waals surface area contributed by atoms with Crippen molar-refractivity contribution in [1.29, 1.82) is 0 Å². The number of hydrogen-bond acceptors (Lipinski definition) is 2. The highest BCUT2D eigenvalue weighted by Crippen LogP contribution is 2.67. The number of piperidine rings is 1. The van der Waals surface area contributed by atoms with Crippen molar-refractivity contribution in [3.8, 4) is 0 Å². The lowest BCUT2D eigenvalue weighted by Crippen LogP contribution is -2.44. The summed E-state index contributed by atoms with van der Waals surface area (Å²) in [4.78, 5) is 2.85. The predicted molar refractivity (Wildman–Crippen MR) is 69.9 cm³/mol. The molecule has 2 nitrogen and oxygen atoms in total. The summed E-state index contributed by atoms with van der Waals surface area (Å²) in [7, 11) is 0. The maximum absolute atomic E-state index is 3.62. The summed E-state index contributed by atoms with van der Waals surface area (Å²) in [6, 6.07) is 1.84. The summed E-state index contributed by atoms with van der Waals surface area (Å²) in [5, 5.41) is 3.62. The largest absolute Gasteiger partial charge is 0.314 e. The molecule has 4 rings (SSSR count). The molecule has 1 saturated heterocycles. The second-order valence-electron chi connectivity index (χ2n) is 6.85. The zero-order valence-electron chi connectivity index (χ0n) is 11.1. The molecule has 0 aromatic rings. The van der Waals surface area contributed by atoms with Crippen LogP contribution in [0.2, 0.25) is 0 Å². The van der Waals surface area contributed by atoms with E-state index < -0.39 is 0 Å². The molecule has 2 heteroatoms. The number of fused-ring (bicyclic) bond motifs is 5. The van der Waals surface area contributed by atoms with Gasteiger partial charge in [0.05, 0.1) is 0 Å². The summed E-state index contributed by atoms with van der Waals surface area (Å²) >= 11 is 0. The van der Waals surface area contributed by atoms with Crippen molar-refractivity contribution in [3.05, 3.63) is 0 Å². The summed E-state index contributed by atoms with van der Waals surface area (Å²) < 4.78 is 0. The Morgan fingerprint density at radius 2 is 1.65 bits per heavy atom. The average molecular weight is 234 g/mol. The number of nitrogens with zero attached hydrogens (tertiary/aromatic N) is 1. The molecule has 0 aromatic carbocycles. The molecule has 0 aromatic heterocycles. The Balaban J connectivity index is 1.34. The number of nitrogens with one attached hydrogen (secondary N) is 1.